The first-order valence-corrected chi connectivity index (χ1v) is 10.0. The van der Waals surface area contributed by atoms with E-state index in [1.165, 1.54) is 5.57 Å². The van der Waals surface area contributed by atoms with Gasteiger partial charge in [0.1, 0.15) is 0 Å². The first-order valence-electron chi connectivity index (χ1n) is 10.0. The van der Waals surface area contributed by atoms with Gasteiger partial charge < -0.3 is 15.3 Å². The van der Waals surface area contributed by atoms with Gasteiger partial charge in [0.05, 0.1) is 12.2 Å². The lowest BCUT2D eigenvalue weighted by atomic mass is 9.90. The molecule has 146 valence electrons. The Kier molecular flexibility index (Phi) is 6.86. The van der Waals surface area contributed by atoms with E-state index in [0.717, 1.165) is 31.2 Å². The van der Waals surface area contributed by atoms with Crippen LogP contribution >= 0.6 is 0 Å². The van der Waals surface area contributed by atoms with Crippen molar-refractivity contribution in [1.82, 2.24) is 0 Å². The Morgan fingerprint density at radius 3 is 2.74 bits per heavy atom. The summed E-state index contributed by atoms with van der Waals surface area (Å²) in [7, 11) is 0. The smallest absolute Gasteiger partial charge is 0.303 e. The fourth-order valence-electron chi connectivity index (χ4n) is 4.68. The number of hydrogen-bond donors (Lipinski definition) is 3. The van der Waals surface area contributed by atoms with Crippen molar-refractivity contribution in [3.05, 3.63) is 59.7 Å². The highest BCUT2D eigenvalue weighted by Crippen LogP contribution is 2.50. The lowest BCUT2D eigenvalue weighted by molar-refractivity contribution is -0.137. The van der Waals surface area contributed by atoms with Crippen molar-refractivity contribution in [2.75, 3.05) is 0 Å². The topological polar surface area (TPSA) is 77.8 Å². The molecule has 3 N–H and O–H groups in total. The van der Waals surface area contributed by atoms with Gasteiger partial charge in [0.15, 0.2) is 0 Å². The Morgan fingerprint density at radius 2 is 2.00 bits per heavy atom. The molecule has 0 amide bonds. The molecule has 2 saturated carbocycles. The molecule has 5 atom stereocenters. The molecule has 0 spiro atoms. The molecular formula is C23H30O4. The number of hydrogen-bond acceptors (Lipinski definition) is 3. The van der Waals surface area contributed by atoms with Gasteiger partial charge in [0.2, 0.25) is 0 Å². The van der Waals surface area contributed by atoms with Gasteiger partial charge in [0.25, 0.3) is 0 Å². The highest BCUT2D eigenvalue weighted by atomic mass is 16.4. The summed E-state index contributed by atoms with van der Waals surface area (Å²) < 4.78 is 0. The number of fused-ring (bicyclic) bond motifs is 1. The second-order valence-corrected chi connectivity index (χ2v) is 8.00. The van der Waals surface area contributed by atoms with Crippen LogP contribution < -0.4 is 0 Å². The standard InChI is InChI=1S/C23H30O4/c24-19(13-16-6-2-1-3-7-16)10-11-20-21-14-17(8-4-5-9-23(26)27)12-18(21)15-22(20)25/h1-3,6-8,10-11,18-22,24-25H,4-5,9,12-15H2,(H,26,27)/b11-10+,17-8+/t18-,19+,20-,21+,22-/m1/s1. The van der Waals surface area contributed by atoms with E-state index in [1.807, 2.05) is 42.5 Å². The number of benzene rings is 1. The number of rotatable bonds is 8. The first kappa shape index (κ1) is 19.8. The van der Waals surface area contributed by atoms with Crippen LogP contribution in [0.25, 0.3) is 0 Å². The van der Waals surface area contributed by atoms with Gasteiger partial charge in [-0.2, -0.15) is 0 Å². The van der Waals surface area contributed by atoms with Crippen molar-refractivity contribution < 1.29 is 20.1 Å². The SMILES string of the molecule is O=C(O)CCC/C=C1\C[C@@H]2C[C@@H](O)[C@H](/C=C/[C@H](O)Cc3ccccc3)[C@H]2C1. The maximum Gasteiger partial charge on any atom is 0.303 e. The number of unbranched alkanes of at least 4 members (excludes halogenated alkanes) is 1. The van der Waals surface area contributed by atoms with E-state index in [2.05, 4.69) is 6.08 Å². The molecule has 0 heterocycles. The zero-order chi connectivity index (χ0) is 19.2. The van der Waals surface area contributed by atoms with Crippen molar-refractivity contribution in [3.8, 4) is 0 Å². The van der Waals surface area contributed by atoms with E-state index in [4.69, 9.17) is 5.11 Å². The number of carboxylic acid groups (broad SMARTS) is 1. The zero-order valence-electron chi connectivity index (χ0n) is 15.7. The third-order valence-electron chi connectivity index (χ3n) is 5.98. The predicted octanol–water partition coefficient (Wildman–Crippen LogP) is 3.73. The molecular weight excluding hydrogens is 340 g/mol. The summed E-state index contributed by atoms with van der Waals surface area (Å²) in [4.78, 5) is 10.6. The molecule has 0 aromatic heterocycles. The Hall–Kier alpha value is -1.91. The summed E-state index contributed by atoms with van der Waals surface area (Å²) in [5.41, 5.74) is 2.51. The minimum atomic E-state index is -0.737. The largest absolute Gasteiger partial charge is 0.481 e. The summed E-state index contributed by atoms with van der Waals surface area (Å²) in [6.45, 7) is 0. The van der Waals surface area contributed by atoms with Crippen LogP contribution in [0.5, 0.6) is 0 Å². The van der Waals surface area contributed by atoms with Crippen LogP contribution in [0.3, 0.4) is 0 Å². The molecule has 2 fully saturated rings. The van der Waals surface area contributed by atoms with Crippen LogP contribution in [0, 0.1) is 17.8 Å². The van der Waals surface area contributed by atoms with E-state index in [1.54, 1.807) is 0 Å². The molecule has 4 nitrogen and oxygen atoms in total. The van der Waals surface area contributed by atoms with Crippen molar-refractivity contribution in [1.29, 1.82) is 0 Å². The maximum atomic E-state index is 10.6. The summed E-state index contributed by atoms with van der Waals surface area (Å²) in [5.74, 6) is 0.307. The molecule has 0 aliphatic heterocycles. The van der Waals surface area contributed by atoms with Gasteiger partial charge >= 0.3 is 5.97 Å². The van der Waals surface area contributed by atoms with Gasteiger partial charge in [-0.3, -0.25) is 4.79 Å². The molecule has 0 saturated heterocycles. The molecule has 0 bridgehead atoms. The Morgan fingerprint density at radius 1 is 1.22 bits per heavy atom. The van der Waals surface area contributed by atoms with Crippen LogP contribution in [-0.2, 0) is 11.2 Å². The molecule has 3 rings (SSSR count). The van der Waals surface area contributed by atoms with E-state index in [-0.39, 0.29) is 18.4 Å². The van der Waals surface area contributed by atoms with Crippen molar-refractivity contribution in [2.45, 2.75) is 57.2 Å². The van der Waals surface area contributed by atoms with E-state index < -0.39 is 12.1 Å². The van der Waals surface area contributed by atoms with Gasteiger partial charge in [0, 0.05) is 18.8 Å². The first-order chi connectivity index (χ1) is 13.0. The average molecular weight is 370 g/mol. The minimum Gasteiger partial charge on any atom is -0.481 e. The molecule has 0 unspecified atom stereocenters. The Labute approximate surface area is 161 Å². The number of aliphatic hydroxyl groups is 2. The molecule has 2 aliphatic rings. The Balaban J connectivity index is 1.53. The third-order valence-corrected chi connectivity index (χ3v) is 5.98. The molecule has 27 heavy (non-hydrogen) atoms. The van der Waals surface area contributed by atoms with E-state index in [0.29, 0.717) is 24.7 Å². The van der Waals surface area contributed by atoms with Gasteiger partial charge in [-0.1, -0.05) is 54.1 Å². The number of carboxylic acids is 1. The average Bonchev–Trinajstić information content (AvgIpc) is 3.14. The quantitative estimate of drug-likeness (QED) is 0.481. The minimum absolute atomic E-state index is 0.102. The second kappa shape index (κ2) is 9.34. The van der Waals surface area contributed by atoms with Crippen LogP contribution in [0.4, 0.5) is 0 Å². The van der Waals surface area contributed by atoms with E-state index in [9.17, 15) is 15.0 Å². The summed E-state index contributed by atoms with van der Waals surface area (Å²) in [6, 6.07) is 9.93. The maximum absolute atomic E-state index is 10.6. The molecule has 1 aromatic carbocycles. The number of allylic oxidation sites excluding steroid dienone is 2. The molecule has 0 radical (unpaired) electrons. The molecule has 2 aliphatic carbocycles. The van der Waals surface area contributed by atoms with E-state index >= 15 is 0 Å². The fourth-order valence-corrected chi connectivity index (χ4v) is 4.68. The molecule has 1 aromatic rings. The third kappa shape index (κ3) is 5.53. The van der Waals surface area contributed by atoms with Gasteiger partial charge in [-0.15, -0.1) is 0 Å². The van der Waals surface area contributed by atoms with Crippen LogP contribution in [0.2, 0.25) is 0 Å². The Bertz CT molecular complexity index is 679. The van der Waals surface area contributed by atoms with Crippen molar-refractivity contribution in [3.63, 3.8) is 0 Å². The fraction of sp³-hybridized carbons (Fsp3) is 0.522. The zero-order valence-corrected chi connectivity index (χ0v) is 15.7. The lowest BCUT2D eigenvalue weighted by Crippen LogP contribution is -2.18. The summed E-state index contributed by atoms with van der Waals surface area (Å²) in [6.07, 6.45) is 10.4. The molecule has 4 heteroatoms. The lowest BCUT2D eigenvalue weighted by Gasteiger charge is -2.18. The summed E-state index contributed by atoms with van der Waals surface area (Å²) in [5, 5.41) is 29.5. The highest BCUT2D eigenvalue weighted by Gasteiger charge is 2.44. The number of aliphatic hydroxyl groups excluding tert-OH is 2. The highest BCUT2D eigenvalue weighted by molar-refractivity contribution is 5.66. The van der Waals surface area contributed by atoms with Crippen LogP contribution in [0.15, 0.2) is 54.1 Å². The van der Waals surface area contributed by atoms with Crippen LogP contribution in [-0.4, -0.2) is 33.5 Å². The number of carbonyl (C=O) groups is 1. The number of aliphatic carboxylic acids is 1. The van der Waals surface area contributed by atoms with Crippen molar-refractivity contribution >= 4 is 5.97 Å². The van der Waals surface area contributed by atoms with Gasteiger partial charge in [-0.25, -0.2) is 0 Å². The normalized spacial score (nSPS) is 30.1. The second-order valence-electron chi connectivity index (χ2n) is 8.00. The summed E-state index contributed by atoms with van der Waals surface area (Å²) >= 11 is 0. The van der Waals surface area contributed by atoms with Gasteiger partial charge in [-0.05, 0) is 49.5 Å². The van der Waals surface area contributed by atoms with Crippen molar-refractivity contribution in [2.24, 2.45) is 17.8 Å². The monoisotopic (exact) mass is 370 g/mol. The predicted molar refractivity (Wildman–Crippen MR) is 105 cm³/mol. The van der Waals surface area contributed by atoms with Crippen LogP contribution in [0.1, 0.15) is 44.1 Å².